The molecule has 6 heteroatoms. The summed E-state index contributed by atoms with van der Waals surface area (Å²) in [6.07, 6.45) is 3.75. The molecule has 3 N–H and O–H groups in total. The zero-order valence-electron chi connectivity index (χ0n) is 16.4. The molecule has 1 aromatic rings. The van der Waals surface area contributed by atoms with E-state index in [4.69, 9.17) is 0 Å². The van der Waals surface area contributed by atoms with Gasteiger partial charge >= 0.3 is 6.03 Å². The van der Waals surface area contributed by atoms with Crippen LogP contribution in [0, 0.1) is 0 Å². The van der Waals surface area contributed by atoms with Crippen LogP contribution >= 0.6 is 0 Å². The van der Waals surface area contributed by atoms with Crippen LogP contribution in [-0.2, 0) is 0 Å². The highest BCUT2D eigenvalue weighted by atomic mass is 16.2. The molecule has 1 aliphatic heterocycles. The van der Waals surface area contributed by atoms with E-state index in [9.17, 15) is 9.59 Å². The van der Waals surface area contributed by atoms with E-state index in [0.29, 0.717) is 17.8 Å². The van der Waals surface area contributed by atoms with Crippen LogP contribution < -0.4 is 16.0 Å². The number of piperidine rings is 1. The number of anilines is 1. The second kappa shape index (κ2) is 9.03. The largest absolute Gasteiger partial charge is 0.350 e. The number of nitrogens with zero attached hydrogens (tertiary/aromatic N) is 1. The molecule has 0 saturated carbocycles. The number of hydrogen-bond donors (Lipinski definition) is 3. The molecule has 1 aromatic carbocycles. The lowest BCUT2D eigenvalue weighted by Gasteiger charge is -2.41. The number of carbonyl (C=O) groups excluding carboxylic acids is 2. The molecule has 144 valence electrons. The van der Waals surface area contributed by atoms with Crippen LogP contribution in [-0.4, -0.2) is 48.1 Å². The Kier molecular flexibility index (Phi) is 7.03. The SMILES string of the molecule is CC(C)NC(=O)Nc1cccc(C(=O)NCC(C)(C)N2CCCCC2)c1. The standard InChI is InChI=1S/C20H32N4O2/c1-15(2)22-19(26)23-17-10-8-9-16(13-17)18(25)21-14-20(3,4)24-11-6-5-7-12-24/h8-10,13,15H,5-7,11-12,14H2,1-4H3,(H,21,25)(H2,22,23,26). The molecule has 26 heavy (non-hydrogen) atoms. The van der Waals surface area contributed by atoms with Crippen molar-refractivity contribution in [2.24, 2.45) is 0 Å². The van der Waals surface area contributed by atoms with Crippen LogP contribution in [0.5, 0.6) is 0 Å². The second-order valence-corrected chi connectivity index (χ2v) is 7.88. The first kappa shape index (κ1) is 20.2. The highest BCUT2D eigenvalue weighted by molar-refractivity contribution is 5.96. The summed E-state index contributed by atoms with van der Waals surface area (Å²) in [7, 11) is 0. The van der Waals surface area contributed by atoms with Crippen molar-refractivity contribution in [2.45, 2.75) is 58.5 Å². The van der Waals surface area contributed by atoms with Crippen molar-refractivity contribution in [1.29, 1.82) is 0 Å². The number of rotatable bonds is 6. The summed E-state index contributed by atoms with van der Waals surface area (Å²) in [4.78, 5) is 26.8. The van der Waals surface area contributed by atoms with Gasteiger partial charge in [-0.05, 0) is 71.8 Å². The summed E-state index contributed by atoms with van der Waals surface area (Å²) in [5.41, 5.74) is 1.08. The van der Waals surface area contributed by atoms with E-state index < -0.39 is 0 Å². The van der Waals surface area contributed by atoms with E-state index in [1.807, 2.05) is 13.8 Å². The Bertz CT molecular complexity index is 622. The summed E-state index contributed by atoms with van der Waals surface area (Å²) in [5.74, 6) is -0.122. The molecule has 0 aliphatic carbocycles. The van der Waals surface area contributed by atoms with Crippen molar-refractivity contribution in [3.05, 3.63) is 29.8 Å². The normalized spacial score (nSPS) is 15.6. The van der Waals surface area contributed by atoms with Gasteiger partial charge in [-0.25, -0.2) is 4.79 Å². The number of nitrogens with one attached hydrogen (secondary N) is 3. The molecular weight excluding hydrogens is 328 g/mol. The third kappa shape index (κ3) is 6.02. The number of hydrogen-bond acceptors (Lipinski definition) is 3. The Labute approximate surface area is 156 Å². The predicted molar refractivity (Wildman–Crippen MR) is 106 cm³/mol. The zero-order valence-corrected chi connectivity index (χ0v) is 16.4. The van der Waals surface area contributed by atoms with Crippen LogP contribution in [0.15, 0.2) is 24.3 Å². The van der Waals surface area contributed by atoms with Crippen molar-refractivity contribution >= 4 is 17.6 Å². The number of benzene rings is 1. The van der Waals surface area contributed by atoms with Gasteiger partial charge in [0.05, 0.1) is 0 Å². The molecule has 1 fully saturated rings. The van der Waals surface area contributed by atoms with Crippen LogP contribution in [0.3, 0.4) is 0 Å². The maximum atomic E-state index is 12.5. The minimum absolute atomic E-state index is 0.0542. The third-order valence-electron chi connectivity index (χ3n) is 4.70. The lowest BCUT2D eigenvalue weighted by atomic mass is 9.98. The fraction of sp³-hybridized carbons (Fsp3) is 0.600. The van der Waals surface area contributed by atoms with Gasteiger partial charge < -0.3 is 16.0 Å². The molecule has 0 spiro atoms. The fourth-order valence-electron chi connectivity index (χ4n) is 3.18. The van der Waals surface area contributed by atoms with Gasteiger partial charge in [-0.1, -0.05) is 12.5 Å². The summed E-state index contributed by atoms with van der Waals surface area (Å²) < 4.78 is 0. The molecule has 0 aromatic heterocycles. The molecule has 0 radical (unpaired) electrons. The topological polar surface area (TPSA) is 73.5 Å². The molecule has 1 heterocycles. The predicted octanol–water partition coefficient (Wildman–Crippen LogP) is 3.21. The summed E-state index contributed by atoms with van der Waals surface area (Å²) in [6.45, 7) is 10.9. The van der Waals surface area contributed by atoms with Gasteiger partial charge in [0.25, 0.3) is 5.91 Å². The van der Waals surface area contributed by atoms with E-state index in [2.05, 4.69) is 34.7 Å². The van der Waals surface area contributed by atoms with Crippen LogP contribution in [0.2, 0.25) is 0 Å². The zero-order chi connectivity index (χ0) is 19.2. The lowest BCUT2D eigenvalue weighted by Crippen LogP contribution is -2.53. The maximum absolute atomic E-state index is 12.5. The minimum atomic E-state index is -0.274. The second-order valence-electron chi connectivity index (χ2n) is 7.88. The molecule has 0 bridgehead atoms. The van der Waals surface area contributed by atoms with E-state index >= 15 is 0 Å². The van der Waals surface area contributed by atoms with E-state index in [1.54, 1.807) is 24.3 Å². The average molecular weight is 361 g/mol. The van der Waals surface area contributed by atoms with Crippen molar-refractivity contribution in [3.63, 3.8) is 0 Å². The molecule has 0 unspecified atom stereocenters. The van der Waals surface area contributed by atoms with Crippen LogP contribution in [0.25, 0.3) is 0 Å². The number of amides is 3. The van der Waals surface area contributed by atoms with Gasteiger partial charge in [-0.3, -0.25) is 9.69 Å². The molecule has 0 atom stereocenters. The number of urea groups is 1. The molecule has 3 amide bonds. The Balaban J connectivity index is 1.92. The van der Waals surface area contributed by atoms with Gasteiger partial charge in [-0.15, -0.1) is 0 Å². The van der Waals surface area contributed by atoms with Crippen molar-refractivity contribution in [2.75, 3.05) is 25.0 Å². The van der Waals surface area contributed by atoms with Crippen molar-refractivity contribution in [3.8, 4) is 0 Å². The van der Waals surface area contributed by atoms with Crippen LogP contribution in [0.1, 0.15) is 57.3 Å². The van der Waals surface area contributed by atoms with E-state index in [-0.39, 0.29) is 23.5 Å². The summed E-state index contributed by atoms with van der Waals surface area (Å²) >= 11 is 0. The number of carbonyl (C=O) groups is 2. The minimum Gasteiger partial charge on any atom is -0.350 e. The molecular formula is C20H32N4O2. The molecule has 6 nitrogen and oxygen atoms in total. The number of likely N-dealkylation sites (tertiary alicyclic amines) is 1. The monoisotopic (exact) mass is 360 g/mol. The molecule has 1 aliphatic rings. The van der Waals surface area contributed by atoms with Gasteiger partial charge in [-0.2, -0.15) is 0 Å². The third-order valence-corrected chi connectivity index (χ3v) is 4.70. The molecule has 1 saturated heterocycles. The Hall–Kier alpha value is -2.08. The fourth-order valence-corrected chi connectivity index (χ4v) is 3.18. The average Bonchev–Trinajstić information content (AvgIpc) is 2.60. The van der Waals surface area contributed by atoms with Crippen LogP contribution in [0.4, 0.5) is 10.5 Å². The van der Waals surface area contributed by atoms with Crippen molar-refractivity contribution < 1.29 is 9.59 Å². The van der Waals surface area contributed by atoms with Crippen molar-refractivity contribution in [1.82, 2.24) is 15.5 Å². The van der Waals surface area contributed by atoms with Gasteiger partial charge in [0.15, 0.2) is 0 Å². The Morgan fingerprint density at radius 2 is 1.85 bits per heavy atom. The van der Waals surface area contributed by atoms with Gasteiger partial charge in [0, 0.05) is 29.4 Å². The first-order valence-corrected chi connectivity index (χ1v) is 9.49. The highest BCUT2D eigenvalue weighted by Gasteiger charge is 2.28. The van der Waals surface area contributed by atoms with Gasteiger partial charge in [0.1, 0.15) is 0 Å². The summed E-state index contributed by atoms with van der Waals surface area (Å²) in [5, 5.41) is 8.56. The Morgan fingerprint density at radius 3 is 2.50 bits per heavy atom. The smallest absolute Gasteiger partial charge is 0.319 e. The maximum Gasteiger partial charge on any atom is 0.319 e. The quantitative estimate of drug-likeness (QED) is 0.729. The van der Waals surface area contributed by atoms with E-state index in [1.165, 1.54) is 19.3 Å². The van der Waals surface area contributed by atoms with Gasteiger partial charge in [0.2, 0.25) is 0 Å². The summed E-state index contributed by atoms with van der Waals surface area (Å²) in [6, 6.07) is 6.78. The first-order chi connectivity index (χ1) is 12.3. The lowest BCUT2D eigenvalue weighted by molar-refractivity contribution is 0.0797. The van der Waals surface area contributed by atoms with E-state index in [0.717, 1.165) is 13.1 Å². The highest BCUT2D eigenvalue weighted by Crippen LogP contribution is 2.20. The molecule has 2 rings (SSSR count). The Morgan fingerprint density at radius 1 is 1.15 bits per heavy atom. The first-order valence-electron chi connectivity index (χ1n) is 9.49.